The van der Waals surface area contributed by atoms with Crippen LogP contribution < -0.4 is 5.32 Å². The molecule has 8 heteroatoms. The Hall–Kier alpha value is -2.38. The minimum Gasteiger partial charge on any atom is -0.466 e. The van der Waals surface area contributed by atoms with Gasteiger partial charge in [0, 0.05) is 24.2 Å². The van der Waals surface area contributed by atoms with E-state index in [0.717, 1.165) is 12.8 Å². The summed E-state index contributed by atoms with van der Waals surface area (Å²) in [5.41, 5.74) is 0.303. The van der Waals surface area contributed by atoms with Crippen LogP contribution in [0.4, 0.5) is 13.2 Å². The van der Waals surface area contributed by atoms with Gasteiger partial charge in [0.15, 0.2) is 5.69 Å². The van der Waals surface area contributed by atoms with Crippen LogP contribution in [0, 0.1) is 13.8 Å². The topological polar surface area (TPSA) is 68.0 Å². The zero-order valence-corrected chi connectivity index (χ0v) is 14.7. The summed E-state index contributed by atoms with van der Waals surface area (Å²) < 4.78 is 45.2. The molecule has 2 aromatic heterocycles. The summed E-state index contributed by atoms with van der Waals surface area (Å²) in [7, 11) is 0. The molecule has 0 aliphatic heterocycles. The molecule has 0 radical (unpaired) electrons. The first-order chi connectivity index (χ1) is 12.3. The molecule has 0 saturated heterocycles. The third-order valence-corrected chi connectivity index (χ3v) is 4.42. The van der Waals surface area contributed by atoms with Crippen molar-refractivity contribution in [3.8, 4) is 0 Å². The Morgan fingerprint density at radius 1 is 1.23 bits per heavy atom. The van der Waals surface area contributed by atoms with Crippen molar-refractivity contribution in [3.05, 3.63) is 45.9 Å². The van der Waals surface area contributed by atoms with E-state index in [1.165, 1.54) is 0 Å². The number of fused-ring (bicyclic) bond motifs is 1. The molecule has 1 N–H and O–H groups in total. The number of hydrogen-bond donors (Lipinski definition) is 1. The van der Waals surface area contributed by atoms with Gasteiger partial charge in [-0.2, -0.15) is 13.2 Å². The van der Waals surface area contributed by atoms with Gasteiger partial charge in [-0.3, -0.25) is 4.79 Å². The lowest BCUT2D eigenvalue weighted by Crippen LogP contribution is -2.27. The number of furan rings is 1. The maximum atomic E-state index is 13.3. The third kappa shape index (κ3) is 3.89. The number of aromatic nitrogens is 2. The first kappa shape index (κ1) is 18.4. The number of halogens is 3. The zero-order chi connectivity index (χ0) is 18.9. The summed E-state index contributed by atoms with van der Waals surface area (Å²) in [4.78, 5) is 20.2. The molecule has 140 valence electrons. The molecule has 1 aliphatic carbocycles. The van der Waals surface area contributed by atoms with Gasteiger partial charge in [-0.1, -0.05) is 0 Å². The van der Waals surface area contributed by atoms with Crippen molar-refractivity contribution in [2.45, 2.75) is 52.1 Å². The van der Waals surface area contributed by atoms with E-state index < -0.39 is 11.9 Å². The number of rotatable bonds is 4. The lowest BCUT2D eigenvalue weighted by Gasteiger charge is -2.20. The number of alkyl halides is 3. The second-order valence-corrected chi connectivity index (χ2v) is 6.45. The van der Waals surface area contributed by atoms with Crippen LogP contribution in [0.5, 0.6) is 0 Å². The van der Waals surface area contributed by atoms with E-state index in [2.05, 4.69) is 15.3 Å². The summed E-state index contributed by atoms with van der Waals surface area (Å²) in [6.07, 6.45) is -1.91. The molecule has 0 aromatic carbocycles. The minimum absolute atomic E-state index is 0.110. The standard InChI is InChI=1S/C18H20F3N3O2/c1-10-9-13(11(2)26-10)17(25)22-8-7-15-23-14-6-4-3-5-12(14)16(24-15)18(19,20)21/h9H,3-8H2,1-2H3,(H,22,25). The largest absolute Gasteiger partial charge is 0.466 e. The molecule has 1 amide bonds. The fraction of sp³-hybridized carbons (Fsp3) is 0.500. The number of nitrogens with one attached hydrogen (secondary N) is 1. The van der Waals surface area contributed by atoms with Crippen LogP contribution in [-0.4, -0.2) is 22.4 Å². The second-order valence-electron chi connectivity index (χ2n) is 6.45. The van der Waals surface area contributed by atoms with Crippen LogP contribution in [0.2, 0.25) is 0 Å². The number of nitrogens with zero attached hydrogens (tertiary/aromatic N) is 2. The molecular formula is C18H20F3N3O2. The summed E-state index contributed by atoms with van der Waals surface area (Å²) in [5, 5.41) is 2.68. The number of carbonyl (C=O) groups is 1. The highest BCUT2D eigenvalue weighted by Gasteiger charge is 2.37. The molecule has 1 aliphatic rings. The minimum atomic E-state index is -4.49. The van der Waals surface area contributed by atoms with E-state index >= 15 is 0 Å². The average molecular weight is 367 g/mol. The average Bonchev–Trinajstić information content (AvgIpc) is 2.91. The Balaban J connectivity index is 1.72. The lowest BCUT2D eigenvalue weighted by molar-refractivity contribution is -0.142. The van der Waals surface area contributed by atoms with Crippen molar-refractivity contribution < 1.29 is 22.4 Å². The van der Waals surface area contributed by atoms with Crippen molar-refractivity contribution in [3.63, 3.8) is 0 Å². The van der Waals surface area contributed by atoms with Crippen LogP contribution in [0.15, 0.2) is 10.5 Å². The molecule has 5 nitrogen and oxygen atoms in total. The van der Waals surface area contributed by atoms with E-state index in [-0.39, 0.29) is 30.3 Å². The predicted molar refractivity (Wildman–Crippen MR) is 87.9 cm³/mol. The lowest BCUT2D eigenvalue weighted by atomic mass is 9.94. The Morgan fingerprint density at radius 3 is 2.62 bits per heavy atom. The van der Waals surface area contributed by atoms with Gasteiger partial charge in [-0.05, 0) is 45.6 Å². The second kappa shape index (κ2) is 7.09. The van der Waals surface area contributed by atoms with E-state index in [1.807, 2.05) is 0 Å². The highest BCUT2D eigenvalue weighted by atomic mass is 19.4. The van der Waals surface area contributed by atoms with Crippen LogP contribution in [0.25, 0.3) is 0 Å². The summed E-state index contributed by atoms with van der Waals surface area (Å²) in [6, 6.07) is 1.63. The molecule has 0 bridgehead atoms. The highest BCUT2D eigenvalue weighted by Crippen LogP contribution is 2.34. The summed E-state index contributed by atoms with van der Waals surface area (Å²) >= 11 is 0. The predicted octanol–water partition coefficient (Wildman–Crippen LogP) is 3.56. The van der Waals surface area contributed by atoms with Crippen LogP contribution in [0.3, 0.4) is 0 Å². The maximum absolute atomic E-state index is 13.3. The number of aryl methyl sites for hydroxylation is 3. The normalized spacial score (nSPS) is 14.2. The van der Waals surface area contributed by atoms with Crippen molar-refractivity contribution in [1.82, 2.24) is 15.3 Å². The Kier molecular flexibility index (Phi) is 5.02. The molecule has 2 heterocycles. The van der Waals surface area contributed by atoms with Gasteiger partial charge in [-0.25, -0.2) is 9.97 Å². The Bertz CT molecular complexity index is 828. The quantitative estimate of drug-likeness (QED) is 0.897. The van der Waals surface area contributed by atoms with Crippen molar-refractivity contribution in [2.75, 3.05) is 6.54 Å². The molecule has 0 unspecified atom stereocenters. The molecule has 3 rings (SSSR count). The van der Waals surface area contributed by atoms with E-state index in [4.69, 9.17) is 4.42 Å². The number of carbonyl (C=O) groups excluding carboxylic acids is 1. The molecule has 2 aromatic rings. The zero-order valence-electron chi connectivity index (χ0n) is 14.7. The third-order valence-electron chi connectivity index (χ3n) is 4.42. The van der Waals surface area contributed by atoms with E-state index in [1.54, 1.807) is 19.9 Å². The molecule has 26 heavy (non-hydrogen) atoms. The van der Waals surface area contributed by atoms with Crippen LogP contribution >= 0.6 is 0 Å². The van der Waals surface area contributed by atoms with Crippen LogP contribution in [-0.2, 0) is 25.4 Å². The van der Waals surface area contributed by atoms with Gasteiger partial charge in [0.1, 0.15) is 17.3 Å². The van der Waals surface area contributed by atoms with Gasteiger partial charge in [0.2, 0.25) is 0 Å². The molecule has 0 spiro atoms. The highest BCUT2D eigenvalue weighted by molar-refractivity contribution is 5.95. The number of amides is 1. The fourth-order valence-corrected chi connectivity index (χ4v) is 3.23. The van der Waals surface area contributed by atoms with Crippen molar-refractivity contribution in [2.24, 2.45) is 0 Å². The smallest absolute Gasteiger partial charge is 0.433 e. The van der Waals surface area contributed by atoms with Gasteiger partial charge in [-0.15, -0.1) is 0 Å². The van der Waals surface area contributed by atoms with Gasteiger partial charge >= 0.3 is 6.18 Å². The van der Waals surface area contributed by atoms with Gasteiger partial charge in [0.25, 0.3) is 5.91 Å². The van der Waals surface area contributed by atoms with Gasteiger partial charge in [0.05, 0.1) is 5.56 Å². The number of hydrogen-bond acceptors (Lipinski definition) is 4. The first-order valence-electron chi connectivity index (χ1n) is 8.57. The molecular weight excluding hydrogens is 347 g/mol. The maximum Gasteiger partial charge on any atom is 0.433 e. The van der Waals surface area contributed by atoms with Gasteiger partial charge < -0.3 is 9.73 Å². The van der Waals surface area contributed by atoms with Crippen molar-refractivity contribution >= 4 is 5.91 Å². The SMILES string of the molecule is Cc1cc(C(=O)NCCc2nc3c(c(C(F)(F)F)n2)CCCC3)c(C)o1. The summed E-state index contributed by atoms with van der Waals surface area (Å²) in [5.74, 6) is 0.914. The fourth-order valence-electron chi connectivity index (χ4n) is 3.23. The van der Waals surface area contributed by atoms with Crippen LogP contribution in [0.1, 0.15) is 57.5 Å². The Morgan fingerprint density at radius 2 is 1.96 bits per heavy atom. The first-order valence-corrected chi connectivity index (χ1v) is 8.57. The molecule has 0 atom stereocenters. The van der Waals surface area contributed by atoms with Crippen molar-refractivity contribution in [1.29, 1.82) is 0 Å². The van der Waals surface area contributed by atoms with E-state index in [0.29, 0.717) is 35.6 Å². The molecule has 0 saturated carbocycles. The molecule has 0 fully saturated rings. The van der Waals surface area contributed by atoms with E-state index in [9.17, 15) is 18.0 Å². The Labute approximate surface area is 149 Å². The monoisotopic (exact) mass is 367 g/mol. The summed E-state index contributed by atoms with van der Waals surface area (Å²) in [6.45, 7) is 3.58.